The summed E-state index contributed by atoms with van der Waals surface area (Å²) in [6.07, 6.45) is 27.7. The van der Waals surface area contributed by atoms with E-state index in [2.05, 4.69) is 87.6 Å². The standard InChI is InChI=1S/C32H38/c1-22(2)25-13-15-27(16-14-25)29-18-12-24(20-23(29)3)21-28-17-19-31(26-8-5-4-6-9-26)32-11-7-10-30(28)32/h5,7-12,17-20,22,25,27,32H,4,6,13-16,21H2,1-3H3. The predicted octanol–water partition coefficient (Wildman–Crippen LogP) is 8.72. The summed E-state index contributed by atoms with van der Waals surface area (Å²) in [5.41, 5.74) is 10.4. The van der Waals surface area contributed by atoms with Crippen molar-refractivity contribution in [2.24, 2.45) is 17.8 Å². The SMILES string of the molecule is Cc1cc(CC2=CC=C(C3=CCCC=C3)C3C=CC=C23)ccc1C1CCC(C(C)C)CC1. The Morgan fingerprint density at radius 3 is 2.50 bits per heavy atom. The van der Waals surface area contributed by atoms with Crippen molar-refractivity contribution < 1.29 is 0 Å². The van der Waals surface area contributed by atoms with Crippen LogP contribution >= 0.6 is 0 Å². The molecule has 32 heavy (non-hydrogen) atoms. The van der Waals surface area contributed by atoms with Crippen LogP contribution in [0.15, 0.2) is 89.1 Å². The third-order valence-corrected chi connectivity index (χ3v) is 8.30. The Hall–Kier alpha value is -2.34. The Kier molecular flexibility index (Phi) is 6.22. The van der Waals surface area contributed by atoms with Crippen molar-refractivity contribution >= 4 is 0 Å². The summed E-state index contributed by atoms with van der Waals surface area (Å²) in [7, 11) is 0. The fourth-order valence-electron chi connectivity index (χ4n) is 6.33. The van der Waals surface area contributed by atoms with E-state index in [1.807, 2.05) is 0 Å². The average molecular weight is 423 g/mol. The van der Waals surface area contributed by atoms with Gasteiger partial charge in [0.1, 0.15) is 0 Å². The minimum Gasteiger partial charge on any atom is -0.0836 e. The molecule has 5 rings (SSSR count). The predicted molar refractivity (Wildman–Crippen MR) is 138 cm³/mol. The van der Waals surface area contributed by atoms with Crippen molar-refractivity contribution in [3.05, 3.63) is 106 Å². The summed E-state index contributed by atoms with van der Waals surface area (Å²) in [5.74, 6) is 2.97. The molecular weight excluding hydrogens is 384 g/mol. The molecule has 0 nitrogen and oxygen atoms in total. The monoisotopic (exact) mass is 422 g/mol. The van der Waals surface area contributed by atoms with Crippen LogP contribution in [0.25, 0.3) is 0 Å². The molecule has 0 N–H and O–H groups in total. The minimum absolute atomic E-state index is 0.431. The van der Waals surface area contributed by atoms with E-state index in [9.17, 15) is 0 Å². The zero-order valence-electron chi connectivity index (χ0n) is 20.1. The Bertz CT molecular complexity index is 1040. The van der Waals surface area contributed by atoms with E-state index >= 15 is 0 Å². The molecule has 1 aromatic carbocycles. The molecule has 1 atom stereocenters. The van der Waals surface area contributed by atoms with Crippen LogP contribution in [0.3, 0.4) is 0 Å². The second kappa shape index (κ2) is 9.26. The highest BCUT2D eigenvalue weighted by Crippen LogP contribution is 2.42. The molecule has 1 fully saturated rings. The van der Waals surface area contributed by atoms with Gasteiger partial charge in [-0.3, -0.25) is 0 Å². The molecule has 1 unspecified atom stereocenters. The van der Waals surface area contributed by atoms with Crippen LogP contribution in [0.5, 0.6) is 0 Å². The van der Waals surface area contributed by atoms with Crippen molar-refractivity contribution in [3.63, 3.8) is 0 Å². The van der Waals surface area contributed by atoms with Crippen molar-refractivity contribution in [3.8, 4) is 0 Å². The molecule has 1 saturated carbocycles. The van der Waals surface area contributed by atoms with Crippen LogP contribution in [-0.2, 0) is 6.42 Å². The maximum atomic E-state index is 2.47. The van der Waals surface area contributed by atoms with E-state index in [0.717, 1.165) is 24.2 Å². The van der Waals surface area contributed by atoms with E-state index in [1.165, 1.54) is 71.9 Å². The third-order valence-electron chi connectivity index (χ3n) is 8.30. The molecule has 0 heterocycles. The van der Waals surface area contributed by atoms with E-state index in [-0.39, 0.29) is 0 Å². The van der Waals surface area contributed by atoms with Crippen molar-refractivity contribution in [1.82, 2.24) is 0 Å². The number of hydrogen-bond donors (Lipinski definition) is 0. The first kappa shape index (κ1) is 21.5. The van der Waals surface area contributed by atoms with Crippen LogP contribution in [0, 0.1) is 24.7 Å². The van der Waals surface area contributed by atoms with E-state index in [4.69, 9.17) is 0 Å². The smallest absolute Gasteiger partial charge is 0.0281 e. The van der Waals surface area contributed by atoms with Gasteiger partial charge >= 0.3 is 0 Å². The highest BCUT2D eigenvalue weighted by atomic mass is 14.3. The molecule has 0 amide bonds. The van der Waals surface area contributed by atoms with Gasteiger partial charge in [-0.25, -0.2) is 0 Å². The second-order valence-electron chi connectivity index (χ2n) is 10.7. The lowest BCUT2D eigenvalue weighted by atomic mass is 9.74. The number of fused-ring (bicyclic) bond motifs is 1. The van der Waals surface area contributed by atoms with Gasteiger partial charge in [-0.2, -0.15) is 0 Å². The highest BCUT2D eigenvalue weighted by molar-refractivity contribution is 5.60. The lowest BCUT2D eigenvalue weighted by Crippen LogP contribution is -2.18. The zero-order valence-corrected chi connectivity index (χ0v) is 20.1. The quantitative estimate of drug-likeness (QED) is 0.445. The molecule has 0 spiro atoms. The van der Waals surface area contributed by atoms with Crippen LogP contribution in [0.4, 0.5) is 0 Å². The van der Waals surface area contributed by atoms with Gasteiger partial charge in [-0.15, -0.1) is 0 Å². The molecule has 166 valence electrons. The molecule has 0 aliphatic heterocycles. The fourth-order valence-corrected chi connectivity index (χ4v) is 6.33. The molecule has 4 aliphatic rings. The fraction of sp³-hybridized carbons (Fsp3) is 0.438. The van der Waals surface area contributed by atoms with Gasteiger partial charge in [0.25, 0.3) is 0 Å². The molecule has 0 radical (unpaired) electrons. The van der Waals surface area contributed by atoms with E-state index in [1.54, 1.807) is 5.56 Å². The number of benzene rings is 1. The lowest BCUT2D eigenvalue weighted by Gasteiger charge is -2.32. The zero-order chi connectivity index (χ0) is 22.1. The summed E-state index contributed by atoms with van der Waals surface area (Å²) in [5, 5.41) is 0. The first-order chi connectivity index (χ1) is 15.6. The van der Waals surface area contributed by atoms with Crippen LogP contribution in [0.2, 0.25) is 0 Å². The minimum atomic E-state index is 0.431. The van der Waals surface area contributed by atoms with Crippen LogP contribution < -0.4 is 0 Å². The van der Waals surface area contributed by atoms with E-state index in [0.29, 0.717) is 5.92 Å². The number of aryl methyl sites for hydroxylation is 1. The highest BCUT2D eigenvalue weighted by Gasteiger charge is 2.27. The Labute approximate surface area is 195 Å². The van der Waals surface area contributed by atoms with Gasteiger partial charge < -0.3 is 0 Å². The Morgan fingerprint density at radius 1 is 0.938 bits per heavy atom. The lowest BCUT2D eigenvalue weighted by molar-refractivity contribution is 0.258. The summed E-state index contributed by atoms with van der Waals surface area (Å²) >= 11 is 0. The average Bonchev–Trinajstić information content (AvgIpc) is 3.31. The van der Waals surface area contributed by atoms with E-state index < -0.39 is 0 Å². The Morgan fingerprint density at radius 2 is 1.78 bits per heavy atom. The van der Waals surface area contributed by atoms with Crippen LogP contribution in [0.1, 0.15) is 75.0 Å². The molecule has 0 bridgehead atoms. The maximum Gasteiger partial charge on any atom is 0.0281 e. The first-order valence-electron chi connectivity index (χ1n) is 12.9. The summed E-state index contributed by atoms with van der Waals surface area (Å²) < 4.78 is 0. The van der Waals surface area contributed by atoms with Crippen molar-refractivity contribution in [1.29, 1.82) is 0 Å². The van der Waals surface area contributed by atoms with Crippen LogP contribution in [-0.4, -0.2) is 0 Å². The van der Waals surface area contributed by atoms with Crippen molar-refractivity contribution in [2.75, 3.05) is 0 Å². The number of hydrogen-bond acceptors (Lipinski definition) is 0. The normalized spacial score (nSPS) is 27.1. The molecule has 0 heteroatoms. The molecule has 4 aliphatic carbocycles. The largest absolute Gasteiger partial charge is 0.0836 e. The van der Waals surface area contributed by atoms with Gasteiger partial charge in [0.15, 0.2) is 0 Å². The van der Waals surface area contributed by atoms with Gasteiger partial charge in [0, 0.05) is 5.92 Å². The second-order valence-corrected chi connectivity index (χ2v) is 10.7. The molecule has 1 aromatic rings. The summed E-state index contributed by atoms with van der Waals surface area (Å²) in [6, 6.07) is 7.32. The Balaban J connectivity index is 1.32. The van der Waals surface area contributed by atoms with Gasteiger partial charge in [-0.1, -0.05) is 80.7 Å². The summed E-state index contributed by atoms with van der Waals surface area (Å²) in [4.78, 5) is 0. The third kappa shape index (κ3) is 4.29. The van der Waals surface area contributed by atoms with Crippen molar-refractivity contribution in [2.45, 2.75) is 71.6 Å². The summed E-state index contributed by atoms with van der Waals surface area (Å²) in [6.45, 7) is 7.12. The van der Waals surface area contributed by atoms with Gasteiger partial charge in [0.2, 0.25) is 0 Å². The first-order valence-corrected chi connectivity index (χ1v) is 12.9. The molecule has 0 saturated heterocycles. The maximum absolute atomic E-state index is 2.47. The van der Waals surface area contributed by atoms with Gasteiger partial charge in [0.05, 0.1) is 0 Å². The molecule has 0 aromatic heterocycles. The molecular formula is C32H38. The number of allylic oxidation sites excluding steroid dienone is 12. The number of rotatable bonds is 5. The van der Waals surface area contributed by atoms with Gasteiger partial charge in [-0.05, 0) is 109 Å². The topological polar surface area (TPSA) is 0 Å².